The van der Waals surface area contributed by atoms with E-state index in [1.807, 2.05) is 13.8 Å². The van der Waals surface area contributed by atoms with E-state index in [4.69, 9.17) is 0 Å². The van der Waals surface area contributed by atoms with Gasteiger partial charge in [-0.25, -0.2) is 4.39 Å². The van der Waals surface area contributed by atoms with Crippen LogP contribution in [0.5, 0.6) is 0 Å². The van der Waals surface area contributed by atoms with Gasteiger partial charge in [0.2, 0.25) is 0 Å². The van der Waals surface area contributed by atoms with Crippen molar-refractivity contribution in [3.05, 3.63) is 35.6 Å². The van der Waals surface area contributed by atoms with Crippen LogP contribution in [0.15, 0.2) is 24.3 Å². The molecule has 0 bridgehead atoms. The van der Waals surface area contributed by atoms with Gasteiger partial charge in [-0.15, -0.1) is 0 Å². The van der Waals surface area contributed by atoms with Crippen molar-refractivity contribution >= 4 is 5.78 Å². The number of rotatable bonds is 2. The number of Topliss-reactive ketones (excluding diaryl/α,β-unsaturated/α-hetero) is 1. The zero-order valence-electron chi connectivity index (χ0n) is 9.17. The first-order chi connectivity index (χ1) is 6.61. The van der Waals surface area contributed by atoms with E-state index in [9.17, 15) is 9.18 Å². The van der Waals surface area contributed by atoms with Crippen LogP contribution in [0.4, 0.5) is 4.39 Å². The zero-order chi connectivity index (χ0) is 11.1. The molecule has 0 atom stereocenters. The molecule has 0 spiro atoms. The molecule has 0 saturated carbocycles. The van der Waals surface area contributed by atoms with Crippen LogP contribution in [0.2, 0.25) is 0 Å². The SMILES string of the molecule is CC.CC(C)C(=O)c1cccc(F)c1. The largest absolute Gasteiger partial charge is 0.294 e. The van der Waals surface area contributed by atoms with Gasteiger partial charge in [0.25, 0.3) is 0 Å². The highest BCUT2D eigenvalue weighted by Crippen LogP contribution is 2.09. The van der Waals surface area contributed by atoms with Crippen molar-refractivity contribution in [2.45, 2.75) is 27.7 Å². The highest BCUT2D eigenvalue weighted by molar-refractivity contribution is 5.97. The predicted octanol–water partition coefficient (Wildman–Crippen LogP) is 3.69. The molecule has 0 aliphatic heterocycles. The lowest BCUT2D eigenvalue weighted by atomic mass is 10.0. The Labute approximate surface area is 85.0 Å². The van der Waals surface area contributed by atoms with E-state index in [2.05, 4.69) is 0 Å². The van der Waals surface area contributed by atoms with Crippen molar-refractivity contribution in [1.82, 2.24) is 0 Å². The minimum atomic E-state index is -0.360. The third kappa shape index (κ3) is 3.69. The summed E-state index contributed by atoms with van der Waals surface area (Å²) in [7, 11) is 0. The maximum atomic E-state index is 12.6. The van der Waals surface area contributed by atoms with Gasteiger partial charge < -0.3 is 0 Å². The van der Waals surface area contributed by atoms with Gasteiger partial charge in [-0.3, -0.25) is 4.79 Å². The Morgan fingerprint density at radius 2 is 1.86 bits per heavy atom. The molecule has 0 amide bonds. The van der Waals surface area contributed by atoms with Crippen molar-refractivity contribution < 1.29 is 9.18 Å². The molecule has 0 aliphatic carbocycles. The minimum absolute atomic E-state index is 0.0190. The quantitative estimate of drug-likeness (QED) is 0.659. The second kappa shape index (κ2) is 6.30. The fourth-order valence-corrected chi connectivity index (χ4v) is 0.975. The first-order valence-electron chi connectivity index (χ1n) is 4.91. The molecule has 0 heterocycles. The average molecular weight is 196 g/mol. The lowest BCUT2D eigenvalue weighted by Gasteiger charge is -2.02. The number of halogens is 1. The summed E-state index contributed by atoms with van der Waals surface area (Å²) in [6.45, 7) is 7.60. The van der Waals surface area contributed by atoms with Crippen LogP contribution in [-0.4, -0.2) is 5.78 Å². The Morgan fingerprint density at radius 3 is 2.29 bits per heavy atom. The van der Waals surface area contributed by atoms with Gasteiger partial charge in [0.15, 0.2) is 5.78 Å². The normalized spacial score (nSPS) is 9.29. The van der Waals surface area contributed by atoms with Crippen molar-refractivity contribution in [2.75, 3.05) is 0 Å². The number of hydrogen-bond donors (Lipinski definition) is 0. The molecule has 2 heteroatoms. The fraction of sp³-hybridized carbons (Fsp3) is 0.417. The maximum absolute atomic E-state index is 12.6. The van der Waals surface area contributed by atoms with Gasteiger partial charge in [-0.05, 0) is 12.1 Å². The summed E-state index contributed by atoms with van der Waals surface area (Å²) in [5, 5.41) is 0. The smallest absolute Gasteiger partial charge is 0.165 e. The molecule has 0 aromatic heterocycles. The minimum Gasteiger partial charge on any atom is -0.294 e. The van der Waals surface area contributed by atoms with Gasteiger partial charge >= 0.3 is 0 Å². The summed E-state index contributed by atoms with van der Waals surface area (Å²) >= 11 is 0. The Bertz CT molecular complexity index is 292. The summed E-state index contributed by atoms with van der Waals surface area (Å²) < 4.78 is 12.6. The molecule has 0 N–H and O–H groups in total. The van der Waals surface area contributed by atoms with Crippen molar-refractivity contribution in [2.24, 2.45) is 5.92 Å². The second-order valence-electron chi connectivity index (χ2n) is 3.03. The molecular formula is C12H17FO. The Morgan fingerprint density at radius 1 is 1.29 bits per heavy atom. The van der Waals surface area contributed by atoms with Gasteiger partial charge in [0.05, 0.1) is 0 Å². The Balaban J connectivity index is 0.000000791. The standard InChI is InChI=1S/C10H11FO.C2H6/c1-7(2)10(12)8-4-3-5-9(11)6-8;1-2/h3-7H,1-2H3;1-2H3. The first-order valence-corrected chi connectivity index (χ1v) is 4.91. The predicted molar refractivity (Wildman–Crippen MR) is 56.9 cm³/mol. The summed E-state index contributed by atoms with van der Waals surface area (Å²) in [5.41, 5.74) is 0.449. The molecule has 0 unspecified atom stereocenters. The van der Waals surface area contributed by atoms with E-state index in [-0.39, 0.29) is 17.5 Å². The molecule has 78 valence electrons. The Kier molecular flexibility index (Phi) is 5.77. The summed E-state index contributed by atoms with van der Waals surface area (Å²) in [6, 6.07) is 5.77. The van der Waals surface area contributed by atoms with Crippen molar-refractivity contribution in [3.63, 3.8) is 0 Å². The molecule has 0 saturated heterocycles. The topological polar surface area (TPSA) is 17.1 Å². The lowest BCUT2D eigenvalue weighted by molar-refractivity contribution is 0.0939. The highest BCUT2D eigenvalue weighted by atomic mass is 19.1. The van der Waals surface area contributed by atoms with E-state index in [0.717, 1.165) is 0 Å². The molecule has 0 aliphatic rings. The van der Waals surface area contributed by atoms with E-state index >= 15 is 0 Å². The molecule has 1 nitrogen and oxygen atoms in total. The molecule has 1 aromatic carbocycles. The zero-order valence-corrected chi connectivity index (χ0v) is 9.17. The van der Waals surface area contributed by atoms with Gasteiger partial charge in [0.1, 0.15) is 5.82 Å². The van der Waals surface area contributed by atoms with Gasteiger partial charge in [-0.2, -0.15) is 0 Å². The van der Waals surface area contributed by atoms with Crippen LogP contribution in [0.3, 0.4) is 0 Å². The lowest BCUT2D eigenvalue weighted by Crippen LogP contribution is -2.07. The number of carbonyl (C=O) groups is 1. The molecule has 1 aromatic rings. The third-order valence-electron chi connectivity index (χ3n) is 1.63. The highest BCUT2D eigenvalue weighted by Gasteiger charge is 2.09. The summed E-state index contributed by atoms with van der Waals surface area (Å²) in [4.78, 5) is 11.3. The molecule has 0 fully saturated rings. The van der Waals surface area contributed by atoms with Crippen LogP contribution >= 0.6 is 0 Å². The van der Waals surface area contributed by atoms with E-state index in [1.165, 1.54) is 12.1 Å². The number of benzene rings is 1. The fourth-order valence-electron chi connectivity index (χ4n) is 0.975. The summed E-state index contributed by atoms with van der Waals surface area (Å²) in [5.74, 6) is -0.456. The van der Waals surface area contributed by atoms with E-state index in [1.54, 1.807) is 26.0 Å². The van der Waals surface area contributed by atoms with Crippen molar-refractivity contribution in [3.8, 4) is 0 Å². The third-order valence-corrected chi connectivity index (χ3v) is 1.63. The van der Waals surface area contributed by atoms with Crippen LogP contribution in [0, 0.1) is 11.7 Å². The first kappa shape index (κ1) is 12.8. The van der Waals surface area contributed by atoms with Crippen LogP contribution in [0.1, 0.15) is 38.1 Å². The van der Waals surface area contributed by atoms with Crippen LogP contribution in [0.25, 0.3) is 0 Å². The van der Waals surface area contributed by atoms with Crippen LogP contribution in [-0.2, 0) is 0 Å². The molecular weight excluding hydrogens is 179 g/mol. The van der Waals surface area contributed by atoms with Gasteiger partial charge in [0, 0.05) is 11.5 Å². The molecule has 1 rings (SSSR count). The van der Waals surface area contributed by atoms with Crippen LogP contribution < -0.4 is 0 Å². The van der Waals surface area contributed by atoms with Gasteiger partial charge in [-0.1, -0.05) is 39.8 Å². The second-order valence-corrected chi connectivity index (χ2v) is 3.03. The monoisotopic (exact) mass is 196 g/mol. The van der Waals surface area contributed by atoms with E-state index in [0.29, 0.717) is 5.56 Å². The molecule has 14 heavy (non-hydrogen) atoms. The number of hydrogen-bond acceptors (Lipinski definition) is 1. The van der Waals surface area contributed by atoms with Crippen molar-refractivity contribution in [1.29, 1.82) is 0 Å². The summed E-state index contributed by atoms with van der Waals surface area (Å²) in [6.07, 6.45) is 0. The molecule has 0 radical (unpaired) electrons. The number of ketones is 1. The average Bonchev–Trinajstić information content (AvgIpc) is 2.19. The maximum Gasteiger partial charge on any atom is 0.165 e. The van der Waals surface area contributed by atoms with E-state index < -0.39 is 0 Å². The number of carbonyl (C=O) groups excluding carboxylic acids is 1. The Hall–Kier alpha value is -1.18.